The third kappa shape index (κ3) is 4.21. The number of hydrogen-bond donors (Lipinski definition) is 2. The van der Waals surface area contributed by atoms with Gasteiger partial charge < -0.3 is 20.1 Å². The molecule has 2 fully saturated rings. The molecule has 4 aromatic rings. The molecule has 2 aliphatic rings. The van der Waals surface area contributed by atoms with Gasteiger partial charge in [-0.3, -0.25) is 4.84 Å². The molecular formula is C27H28N8O. The number of nitrogens with one attached hydrogen (secondary N) is 2. The lowest BCUT2D eigenvalue weighted by Gasteiger charge is -2.34. The van der Waals surface area contributed by atoms with Crippen LogP contribution in [0.4, 0.5) is 23.1 Å². The van der Waals surface area contributed by atoms with Gasteiger partial charge in [0.25, 0.3) is 0 Å². The molecule has 4 heterocycles. The van der Waals surface area contributed by atoms with Crippen LogP contribution in [0, 0.1) is 11.3 Å². The molecule has 182 valence electrons. The summed E-state index contributed by atoms with van der Waals surface area (Å²) in [6, 6.07) is 20.9. The van der Waals surface area contributed by atoms with Gasteiger partial charge in [0.15, 0.2) is 5.82 Å². The number of aromatic nitrogens is 3. The number of aromatic amines is 1. The quantitative estimate of drug-likeness (QED) is 0.439. The number of likely N-dealkylation sites (N-methyl/N-ethyl adjacent to an activating group) is 1. The highest BCUT2D eigenvalue weighted by Crippen LogP contribution is 2.38. The molecule has 1 atom stereocenters. The Morgan fingerprint density at radius 1 is 1.03 bits per heavy atom. The van der Waals surface area contributed by atoms with Crippen LogP contribution < -0.4 is 15.3 Å². The van der Waals surface area contributed by atoms with Gasteiger partial charge in [-0.15, -0.1) is 0 Å². The van der Waals surface area contributed by atoms with Crippen LogP contribution >= 0.6 is 0 Å². The Bertz CT molecular complexity index is 1390. The predicted octanol–water partition coefficient (Wildman–Crippen LogP) is 4.21. The fourth-order valence-electron chi connectivity index (χ4n) is 4.92. The lowest BCUT2D eigenvalue weighted by Crippen LogP contribution is -2.44. The van der Waals surface area contributed by atoms with Crippen LogP contribution in [0.2, 0.25) is 0 Å². The number of fused-ring (bicyclic) bond motifs is 1. The molecule has 2 saturated heterocycles. The van der Waals surface area contributed by atoms with E-state index in [2.05, 4.69) is 74.6 Å². The summed E-state index contributed by atoms with van der Waals surface area (Å²) in [7, 11) is 2.16. The number of hydroxylamine groups is 1. The molecule has 0 bridgehead atoms. The largest absolute Gasteiger partial charge is 0.369 e. The van der Waals surface area contributed by atoms with E-state index >= 15 is 0 Å². The monoisotopic (exact) mass is 480 g/mol. The molecule has 0 saturated carbocycles. The van der Waals surface area contributed by atoms with E-state index in [1.165, 1.54) is 5.69 Å². The molecule has 36 heavy (non-hydrogen) atoms. The summed E-state index contributed by atoms with van der Waals surface area (Å²) in [5.41, 5.74) is 4.34. The second-order valence-electron chi connectivity index (χ2n) is 9.24. The summed E-state index contributed by atoms with van der Waals surface area (Å²) in [6.45, 7) is 4.77. The lowest BCUT2D eigenvalue weighted by atomic mass is 10.0. The summed E-state index contributed by atoms with van der Waals surface area (Å²) >= 11 is 0. The molecule has 9 heteroatoms. The Labute approximate surface area is 209 Å². The van der Waals surface area contributed by atoms with Crippen LogP contribution in [-0.4, -0.2) is 59.7 Å². The van der Waals surface area contributed by atoms with Crippen molar-refractivity contribution in [1.29, 1.82) is 5.26 Å². The fourth-order valence-corrected chi connectivity index (χ4v) is 4.92. The number of rotatable bonds is 5. The maximum Gasteiger partial charge on any atom is 0.231 e. The number of nitrogens with zero attached hydrogens (tertiary/aromatic N) is 6. The smallest absolute Gasteiger partial charge is 0.231 e. The van der Waals surface area contributed by atoms with Gasteiger partial charge in [-0.05, 0) is 36.9 Å². The second kappa shape index (κ2) is 9.49. The molecule has 9 nitrogen and oxygen atoms in total. The van der Waals surface area contributed by atoms with Gasteiger partial charge >= 0.3 is 0 Å². The molecule has 0 amide bonds. The first kappa shape index (κ1) is 22.3. The molecule has 6 rings (SSSR count). The van der Waals surface area contributed by atoms with E-state index in [1.807, 2.05) is 23.3 Å². The van der Waals surface area contributed by atoms with Crippen molar-refractivity contribution in [1.82, 2.24) is 19.9 Å². The average molecular weight is 481 g/mol. The zero-order valence-corrected chi connectivity index (χ0v) is 20.2. The third-order valence-electron chi connectivity index (χ3n) is 6.92. The summed E-state index contributed by atoms with van der Waals surface area (Å²) in [5, 5.41) is 15.6. The molecule has 2 N–H and O–H groups in total. The second-order valence-corrected chi connectivity index (χ2v) is 9.24. The van der Waals surface area contributed by atoms with Crippen molar-refractivity contribution < 1.29 is 4.84 Å². The minimum absolute atomic E-state index is 0.00136. The molecule has 0 unspecified atom stereocenters. The fraction of sp³-hybridized carbons (Fsp3) is 0.296. The van der Waals surface area contributed by atoms with Crippen molar-refractivity contribution in [3.63, 3.8) is 0 Å². The van der Waals surface area contributed by atoms with E-state index in [1.54, 1.807) is 6.20 Å². The SMILES string of the molecule is CN1CCN(c2ccc(Nc3nc(N4OCC[C@H]4c4ccccc4)c4c(C#N)c[nH]c4n3)cc2)CC1. The van der Waals surface area contributed by atoms with Crippen molar-refractivity contribution in [2.75, 3.05) is 55.1 Å². The number of piperazine rings is 1. The molecule has 2 aromatic heterocycles. The Balaban J connectivity index is 1.31. The van der Waals surface area contributed by atoms with Crippen molar-refractivity contribution in [3.05, 3.63) is 71.9 Å². The van der Waals surface area contributed by atoms with E-state index < -0.39 is 0 Å². The highest BCUT2D eigenvalue weighted by atomic mass is 16.7. The molecule has 0 radical (unpaired) electrons. The van der Waals surface area contributed by atoms with E-state index in [-0.39, 0.29) is 6.04 Å². The molecule has 0 aliphatic carbocycles. The number of benzene rings is 2. The van der Waals surface area contributed by atoms with Gasteiger partial charge in [0.1, 0.15) is 11.7 Å². The number of anilines is 4. The van der Waals surface area contributed by atoms with Crippen LogP contribution in [0.3, 0.4) is 0 Å². The number of H-pyrrole nitrogens is 1. The highest BCUT2D eigenvalue weighted by Gasteiger charge is 2.32. The first-order valence-electron chi connectivity index (χ1n) is 12.3. The zero-order valence-electron chi connectivity index (χ0n) is 20.2. The van der Waals surface area contributed by atoms with Crippen LogP contribution in [-0.2, 0) is 4.84 Å². The Morgan fingerprint density at radius 3 is 2.56 bits per heavy atom. The molecule has 2 aliphatic heterocycles. The standard InChI is InChI=1S/C27H28N8O/c1-33-12-14-34(15-13-33)22-9-7-21(8-10-22)30-27-31-25-24(20(17-28)18-29-25)26(32-27)35-23(11-16-36-35)19-5-3-2-4-6-19/h2-10,18,23H,11-16H2,1H3,(H2,29,30,31,32)/t23-/m0/s1. The van der Waals surface area contributed by atoms with E-state index in [4.69, 9.17) is 9.82 Å². The Hall–Kier alpha value is -4.13. The van der Waals surface area contributed by atoms with Gasteiger partial charge in [-0.1, -0.05) is 30.3 Å². The zero-order chi connectivity index (χ0) is 24.5. The van der Waals surface area contributed by atoms with Crippen LogP contribution in [0.5, 0.6) is 0 Å². The van der Waals surface area contributed by atoms with Gasteiger partial charge in [0, 0.05) is 50.2 Å². The summed E-state index contributed by atoms with van der Waals surface area (Å²) < 4.78 is 0. The lowest BCUT2D eigenvalue weighted by molar-refractivity contribution is 0.157. The van der Waals surface area contributed by atoms with Gasteiger partial charge in [-0.25, -0.2) is 5.06 Å². The van der Waals surface area contributed by atoms with Gasteiger partial charge in [0.2, 0.25) is 5.95 Å². The number of nitriles is 1. The van der Waals surface area contributed by atoms with Crippen LogP contribution in [0.25, 0.3) is 11.0 Å². The van der Waals surface area contributed by atoms with E-state index in [9.17, 15) is 5.26 Å². The first-order chi connectivity index (χ1) is 17.7. The van der Waals surface area contributed by atoms with Gasteiger partial charge in [0.05, 0.1) is 23.6 Å². The van der Waals surface area contributed by atoms with Crippen molar-refractivity contribution in [2.24, 2.45) is 0 Å². The predicted molar refractivity (Wildman–Crippen MR) is 140 cm³/mol. The maximum atomic E-state index is 9.72. The van der Waals surface area contributed by atoms with Crippen LogP contribution in [0.15, 0.2) is 60.8 Å². The first-order valence-corrected chi connectivity index (χ1v) is 12.3. The summed E-state index contributed by atoms with van der Waals surface area (Å²) in [6.07, 6.45) is 2.50. The summed E-state index contributed by atoms with van der Waals surface area (Å²) in [5.74, 6) is 1.03. The molecular weight excluding hydrogens is 452 g/mol. The molecule has 0 spiro atoms. The van der Waals surface area contributed by atoms with E-state index in [0.717, 1.165) is 43.9 Å². The maximum absolute atomic E-state index is 9.72. The summed E-state index contributed by atoms with van der Waals surface area (Å²) in [4.78, 5) is 23.5. The minimum atomic E-state index is 0.00136. The van der Waals surface area contributed by atoms with E-state index in [0.29, 0.717) is 35.0 Å². The minimum Gasteiger partial charge on any atom is -0.369 e. The highest BCUT2D eigenvalue weighted by molar-refractivity contribution is 5.94. The van der Waals surface area contributed by atoms with Gasteiger partial charge in [-0.2, -0.15) is 15.2 Å². The topological polar surface area (TPSA) is 96.3 Å². The van der Waals surface area contributed by atoms with Crippen LogP contribution in [0.1, 0.15) is 23.6 Å². The third-order valence-corrected chi connectivity index (χ3v) is 6.92. The van der Waals surface area contributed by atoms with Crippen molar-refractivity contribution in [3.8, 4) is 6.07 Å². The Morgan fingerprint density at radius 2 is 1.81 bits per heavy atom. The van der Waals surface area contributed by atoms with Crippen molar-refractivity contribution >= 4 is 34.2 Å². The van der Waals surface area contributed by atoms with Crippen molar-refractivity contribution in [2.45, 2.75) is 12.5 Å². The molecule has 2 aromatic carbocycles. The Kier molecular flexibility index (Phi) is 5.89. The average Bonchev–Trinajstić information content (AvgIpc) is 3.57. The normalized spacial score (nSPS) is 18.5. The number of hydrogen-bond acceptors (Lipinski definition) is 8.